The van der Waals surface area contributed by atoms with Crippen LogP contribution in [0.15, 0.2) is 30.6 Å². The van der Waals surface area contributed by atoms with Crippen molar-refractivity contribution >= 4 is 39.0 Å². The van der Waals surface area contributed by atoms with Crippen LogP contribution in [0.2, 0.25) is 0 Å². The maximum Gasteiger partial charge on any atom is 0.238 e. The van der Waals surface area contributed by atoms with Gasteiger partial charge in [-0.3, -0.25) is 9.69 Å². The topological polar surface area (TPSA) is 61.4 Å². The Morgan fingerprint density at radius 3 is 2.86 bits per heavy atom. The van der Waals surface area contributed by atoms with Crippen LogP contribution in [0.1, 0.15) is 16.9 Å². The van der Waals surface area contributed by atoms with Gasteiger partial charge in [-0.1, -0.05) is 6.07 Å². The van der Waals surface area contributed by atoms with Crippen molar-refractivity contribution in [3.8, 4) is 0 Å². The zero-order chi connectivity index (χ0) is 19.8. The highest BCUT2D eigenvalue weighted by atomic mass is 32.1. The van der Waals surface area contributed by atoms with Gasteiger partial charge >= 0.3 is 0 Å². The van der Waals surface area contributed by atoms with Gasteiger partial charge in [0.05, 0.1) is 11.9 Å². The molecule has 0 unspecified atom stereocenters. The smallest absolute Gasteiger partial charge is 0.238 e. The van der Waals surface area contributed by atoms with Crippen LogP contribution in [0.4, 0.5) is 15.9 Å². The second-order valence-corrected chi connectivity index (χ2v) is 8.64. The molecule has 1 aliphatic heterocycles. The number of anilines is 2. The van der Waals surface area contributed by atoms with E-state index in [1.165, 1.54) is 34.4 Å². The van der Waals surface area contributed by atoms with Crippen molar-refractivity contribution in [3.05, 3.63) is 46.9 Å². The summed E-state index contributed by atoms with van der Waals surface area (Å²) in [5, 5.41) is 4.01. The van der Waals surface area contributed by atoms with Crippen molar-refractivity contribution in [2.75, 3.05) is 42.9 Å². The molecule has 0 saturated carbocycles. The molecule has 3 aromatic rings. The minimum absolute atomic E-state index is 0.121. The molecule has 3 heterocycles. The lowest BCUT2D eigenvalue weighted by Gasteiger charge is -2.35. The number of aryl methyl sites for hydroxylation is 2. The third-order valence-electron chi connectivity index (χ3n) is 5.63. The fourth-order valence-electron chi connectivity index (χ4n) is 4.24. The highest BCUT2D eigenvalue weighted by Gasteiger charge is 2.26. The predicted octanol–water partition coefficient (Wildman–Crippen LogP) is 3.08. The number of benzene rings is 1. The number of nitrogens with one attached hydrogen (secondary N) is 1. The van der Waals surface area contributed by atoms with Crippen LogP contribution >= 0.6 is 11.3 Å². The molecule has 0 atom stereocenters. The van der Waals surface area contributed by atoms with E-state index in [2.05, 4.69) is 25.1 Å². The van der Waals surface area contributed by atoms with Crippen LogP contribution in [-0.2, 0) is 17.6 Å². The second-order valence-electron chi connectivity index (χ2n) is 7.56. The number of halogens is 1. The summed E-state index contributed by atoms with van der Waals surface area (Å²) in [6.07, 6.45) is 5.17. The van der Waals surface area contributed by atoms with E-state index in [1.54, 1.807) is 18.5 Å². The van der Waals surface area contributed by atoms with E-state index in [0.29, 0.717) is 12.2 Å². The van der Waals surface area contributed by atoms with Crippen molar-refractivity contribution in [1.82, 2.24) is 14.9 Å². The molecule has 8 heteroatoms. The summed E-state index contributed by atoms with van der Waals surface area (Å²) >= 11 is 1.81. The first-order valence-corrected chi connectivity index (χ1v) is 10.8. The number of amides is 1. The summed E-state index contributed by atoms with van der Waals surface area (Å²) in [4.78, 5) is 28.4. The molecule has 2 aliphatic rings. The molecule has 2 aromatic heterocycles. The lowest BCUT2D eigenvalue weighted by Crippen LogP contribution is -2.49. The third kappa shape index (κ3) is 3.70. The van der Waals surface area contributed by atoms with Crippen molar-refractivity contribution in [2.24, 2.45) is 0 Å². The Hall–Kier alpha value is -2.58. The number of hydrogen-bond acceptors (Lipinski definition) is 6. The van der Waals surface area contributed by atoms with Gasteiger partial charge in [-0.05, 0) is 43.0 Å². The lowest BCUT2D eigenvalue weighted by atomic mass is 10.1. The van der Waals surface area contributed by atoms with Crippen LogP contribution in [0.5, 0.6) is 0 Å². The maximum atomic E-state index is 13.3. The summed E-state index contributed by atoms with van der Waals surface area (Å²) in [7, 11) is 0. The van der Waals surface area contributed by atoms with E-state index in [9.17, 15) is 9.18 Å². The summed E-state index contributed by atoms with van der Waals surface area (Å²) < 4.78 is 13.3. The first kappa shape index (κ1) is 18.4. The Labute approximate surface area is 172 Å². The quantitative estimate of drug-likeness (QED) is 0.715. The zero-order valence-corrected chi connectivity index (χ0v) is 16.8. The lowest BCUT2D eigenvalue weighted by molar-refractivity contribution is -0.117. The Kier molecular flexibility index (Phi) is 4.89. The Morgan fingerprint density at radius 2 is 2.03 bits per heavy atom. The molecule has 29 heavy (non-hydrogen) atoms. The Morgan fingerprint density at radius 1 is 1.17 bits per heavy atom. The molecule has 1 aliphatic carbocycles. The zero-order valence-electron chi connectivity index (χ0n) is 16.0. The van der Waals surface area contributed by atoms with Crippen molar-refractivity contribution < 1.29 is 9.18 Å². The van der Waals surface area contributed by atoms with Crippen LogP contribution < -0.4 is 10.2 Å². The first-order valence-electron chi connectivity index (χ1n) is 9.95. The summed E-state index contributed by atoms with van der Waals surface area (Å²) in [6.45, 7) is 3.52. The van der Waals surface area contributed by atoms with E-state index in [0.717, 1.165) is 49.7 Å². The van der Waals surface area contributed by atoms with E-state index in [1.807, 2.05) is 11.3 Å². The molecule has 6 nitrogen and oxygen atoms in total. The predicted molar refractivity (Wildman–Crippen MR) is 113 cm³/mol. The molecule has 1 amide bonds. The van der Waals surface area contributed by atoms with Crippen molar-refractivity contribution in [2.45, 2.75) is 19.3 Å². The summed E-state index contributed by atoms with van der Waals surface area (Å²) in [6, 6.07) is 5.98. The van der Waals surface area contributed by atoms with Gasteiger partial charge in [0, 0.05) is 36.7 Å². The molecule has 1 N–H and O–H groups in total. The number of piperazine rings is 1. The highest BCUT2D eigenvalue weighted by molar-refractivity contribution is 7.19. The molecule has 0 spiro atoms. The second kappa shape index (κ2) is 7.68. The number of rotatable bonds is 4. The standard InChI is InChI=1S/C21H22FN5OS/c22-14-3-1-4-15(11-14)25-18(28)12-26-7-9-27(10-8-26)20-19-16-5-2-6-17(16)29-21(19)24-13-23-20/h1,3-4,11,13H,2,5-10,12H2,(H,25,28). The SMILES string of the molecule is O=C(CN1CCN(c2ncnc3sc4c(c23)CCC4)CC1)Nc1cccc(F)c1. The van der Waals surface area contributed by atoms with Gasteiger partial charge in [0.1, 0.15) is 22.8 Å². The van der Waals surface area contributed by atoms with Crippen LogP contribution in [0, 0.1) is 5.82 Å². The highest BCUT2D eigenvalue weighted by Crippen LogP contribution is 2.40. The van der Waals surface area contributed by atoms with Gasteiger partial charge in [0.25, 0.3) is 0 Å². The molecule has 1 aromatic carbocycles. The number of hydrogen-bond donors (Lipinski definition) is 1. The van der Waals surface area contributed by atoms with Gasteiger partial charge in [0.15, 0.2) is 0 Å². The number of thiophene rings is 1. The van der Waals surface area contributed by atoms with Crippen LogP contribution in [0.3, 0.4) is 0 Å². The molecule has 5 rings (SSSR count). The van der Waals surface area contributed by atoms with Crippen LogP contribution in [-0.4, -0.2) is 53.5 Å². The van der Waals surface area contributed by atoms with E-state index >= 15 is 0 Å². The number of fused-ring (bicyclic) bond motifs is 3. The molecular weight excluding hydrogens is 389 g/mol. The monoisotopic (exact) mass is 411 g/mol. The van der Waals surface area contributed by atoms with Gasteiger partial charge in [-0.2, -0.15) is 0 Å². The largest absolute Gasteiger partial charge is 0.353 e. The number of aromatic nitrogens is 2. The number of nitrogens with zero attached hydrogens (tertiary/aromatic N) is 4. The molecular formula is C21H22FN5OS. The van der Waals surface area contributed by atoms with Crippen molar-refractivity contribution in [1.29, 1.82) is 0 Å². The fourth-order valence-corrected chi connectivity index (χ4v) is 5.46. The van der Waals surface area contributed by atoms with Gasteiger partial charge in [-0.15, -0.1) is 11.3 Å². The van der Waals surface area contributed by atoms with Gasteiger partial charge in [-0.25, -0.2) is 14.4 Å². The Bertz CT molecular complexity index is 1060. The van der Waals surface area contributed by atoms with Crippen LogP contribution in [0.25, 0.3) is 10.2 Å². The molecule has 150 valence electrons. The van der Waals surface area contributed by atoms with Crippen molar-refractivity contribution in [3.63, 3.8) is 0 Å². The number of carbonyl (C=O) groups excluding carboxylic acids is 1. The molecule has 0 radical (unpaired) electrons. The van der Waals surface area contributed by atoms with E-state index in [4.69, 9.17) is 0 Å². The number of carbonyl (C=O) groups is 1. The molecule has 1 saturated heterocycles. The van der Waals surface area contributed by atoms with Gasteiger partial charge < -0.3 is 10.2 Å². The molecule has 1 fully saturated rings. The first-order chi connectivity index (χ1) is 14.2. The maximum absolute atomic E-state index is 13.3. The summed E-state index contributed by atoms with van der Waals surface area (Å²) in [5.74, 6) is 0.565. The Balaban J connectivity index is 1.23. The fraction of sp³-hybridized carbons (Fsp3) is 0.381. The van der Waals surface area contributed by atoms with E-state index in [-0.39, 0.29) is 11.7 Å². The third-order valence-corrected chi connectivity index (χ3v) is 6.83. The average molecular weight is 412 g/mol. The van der Waals surface area contributed by atoms with Gasteiger partial charge in [0.2, 0.25) is 5.91 Å². The normalized spacial score (nSPS) is 16.9. The minimum atomic E-state index is -0.354. The van der Waals surface area contributed by atoms with E-state index < -0.39 is 0 Å². The average Bonchev–Trinajstić information content (AvgIpc) is 3.29. The molecule has 0 bridgehead atoms. The minimum Gasteiger partial charge on any atom is -0.353 e. The summed E-state index contributed by atoms with van der Waals surface area (Å²) in [5.41, 5.74) is 1.93.